The lowest BCUT2D eigenvalue weighted by Crippen LogP contribution is -1.84. The van der Waals surface area contributed by atoms with E-state index in [4.69, 9.17) is 0 Å². The van der Waals surface area contributed by atoms with Crippen LogP contribution in [0.4, 0.5) is 0 Å². The van der Waals surface area contributed by atoms with E-state index in [0.29, 0.717) is 5.56 Å². The van der Waals surface area contributed by atoms with Crippen molar-refractivity contribution in [2.24, 2.45) is 0 Å². The first kappa shape index (κ1) is 11.9. The highest BCUT2D eigenvalue weighted by molar-refractivity contribution is 6.11. The number of H-pyrrole nitrogens is 1. The minimum absolute atomic E-state index is 0.670. The molecule has 0 atom stereocenters. The van der Waals surface area contributed by atoms with Gasteiger partial charge in [-0.15, -0.1) is 0 Å². The molecular formula is C18H12N2O. The van der Waals surface area contributed by atoms with Crippen LogP contribution in [-0.2, 0) is 0 Å². The predicted molar refractivity (Wildman–Crippen MR) is 84.4 cm³/mol. The summed E-state index contributed by atoms with van der Waals surface area (Å²) in [7, 11) is 0. The summed E-state index contributed by atoms with van der Waals surface area (Å²) in [6, 6.07) is 17.8. The first-order valence-corrected chi connectivity index (χ1v) is 6.78. The number of nitrogens with zero attached hydrogens (tertiary/aromatic N) is 1. The van der Waals surface area contributed by atoms with Gasteiger partial charge in [0.05, 0.1) is 11.2 Å². The Morgan fingerprint density at radius 1 is 0.952 bits per heavy atom. The molecule has 2 aromatic carbocycles. The molecule has 4 aromatic rings. The lowest BCUT2D eigenvalue weighted by atomic mass is 10.1. The molecule has 3 heteroatoms. The van der Waals surface area contributed by atoms with Crippen molar-refractivity contribution >= 4 is 28.1 Å². The number of carbonyl (C=O) groups is 1. The van der Waals surface area contributed by atoms with Gasteiger partial charge in [0.25, 0.3) is 0 Å². The van der Waals surface area contributed by atoms with Gasteiger partial charge in [0.1, 0.15) is 6.29 Å². The van der Waals surface area contributed by atoms with Crippen LogP contribution < -0.4 is 0 Å². The number of nitrogens with one attached hydrogen (secondary N) is 1. The molecule has 0 fully saturated rings. The highest BCUT2D eigenvalue weighted by atomic mass is 16.1. The van der Waals surface area contributed by atoms with Gasteiger partial charge in [-0.05, 0) is 12.1 Å². The van der Waals surface area contributed by atoms with Crippen molar-refractivity contribution in [3.63, 3.8) is 0 Å². The zero-order valence-electron chi connectivity index (χ0n) is 11.2. The Bertz CT molecular complexity index is 955. The minimum atomic E-state index is 0.670. The molecule has 0 spiro atoms. The largest absolute Gasteiger partial charge is 0.353 e. The number of rotatable bonds is 2. The molecule has 0 aliphatic heterocycles. The second-order valence-corrected chi connectivity index (χ2v) is 5.00. The average molecular weight is 272 g/mol. The maximum absolute atomic E-state index is 10.9. The fourth-order valence-electron chi connectivity index (χ4n) is 2.74. The third-order valence-corrected chi connectivity index (χ3v) is 3.73. The number of aromatic amines is 1. The zero-order valence-corrected chi connectivity index (χ0v) is 11.2. The van der Waals surface area contributed by atoms with Crippen molar-refractivity contribution in [2.75, 3.05) is 0 Å². The molecule has 0 unspecified atom stereocenters. The normalized spacial score (nSPS) is 11.0. The van der Waals surface area contributed by atoms with E-state index in [1.165, 1.54) is 0 Å². The molecule has 100 valence electrons. The van der Waals surface area contributed by atoms with Crippen molar-refractivity contribution in [3.05, 3.63) is 66.4 Å². The first-order valence-electron chi connectivity index (χ1n) is 6.78. The topological polar surface area (TPSA) is 45.8 Å². The Labute approximate surface area is 121 Å². The number of benzene rings is 2. The molecule has 21 heavy (non-hydrogen) atoms. The molecular weight excluding hydrogens is 260 g/mol. The minimum Gasteiger partial charge on any atom is -0.353 e. The molecule has 0 aliphatic carbocycles. The van der Waals surface area contributed by atoms with Crippen LogP contribution in [0.15, 0.2) is 60.8 Å². The Morgan fingerprint density at radius 2 is 1.81 bits per heavy atom. The van der Waals surface area contributed by atoms with E-state index in [0.717, 1.165) is 39.3 Å². The predicted octanol–water partition coefficient (Wildman–Crippen LogP) is 4.20. The van der Waals surface area contributed by atoms with Gasteiger partial charge in [-0.1, -0.05) is 42.5 Å². The Balaban J connectivity index is 2.08. The fraction of sp³-hybridized carbons (Fsp3) is 0. The maximum atomic E-state index is 10.9. The molecule has 0 aliphatic rings. The van der Waals surface area contributed by atoms with Crippen LogP contribution >= 0.6 is 0 Å². The van der Waals surface area contributed by atoms with Gasteiger partial charge >= 0.3 is 0 Å². The lowest BCUT2D eigenvalue weighted by Gasteiger charge is -2.01. The SMILES string of the molecule is O=Cc1ccc2c(c1)[nH]c1c(-c3ccccc3)nccc12. The molecule has 0 amide bonds. The van der Waals surface area contributed by atoms with Crippen molar-refractivity contribution in [1.82, 2.24) is 9.97 Å². The second kappa shape index (κ2) is 4.56. The Morgan fingerprint density at radius 3 is 2.62 bits per heavy atom. The molecule has 4 rings (SSSR count). The van der Waals surface area contributed by atoms with Crippen LogP contribution in [0.25, 0.3) is 33.1 Å². The van der Waals surface area contributed by atoms with Crippen LogP contribution in [-0.4, -0.2) is 16.3 Å². The fourth-order valence-corrected chi connectivity index (χ4v) is 2.74. The third-order valence-electron chi connectivity index (χ3n) is 3.73. The van der Waals surface area contributed by atoms with Crippen molar-refractivity contribution < 1.29 is 4.79 Å². The van der Waals surface area contributed by atoms with Gasteiger partial charge in [-0.3, -0.25) is 9.78 Å². The number of fused-ring (bicyclic) bond motifs is 3. The molecule has 0 bridgehead atoms. The van der Waals surface area contributed by atoms with Crippen LogP contribution in [0.2, 0.25) is 0 Å². The van der Waals surface area contributed by atoms with Crippen LogP contribution in [0.3, 0.4) is 0 Å². The molecule has 2 aromatic heterocycles. The summed E-state index contributed by atoms with van der Waals surface area (Å²) in [6.45, 7) is 0. The number of aromatic nitrogens is 2. The molecule has 0 saturated carbocycles. The third kappa shape index (κ3) is 1.82. The summed E-state index contributed by atoms with van der Waals surface area (Å²) < 4.78 is 0. The quantitative estimate of drug-likeness (QED) is 0.556. The van der Waals surface area contributed by atoms with Crippen molar-refractivity contribution in [2.45, 2.75) is 0 Å². The molecule has 1 N–H and O–H groups in total. The van der Waals surface area contributed by atoms with Crippen LogP contribution in [0.1, 0.15) is 10.4 Å². The second-order valence-electron chi connectivity index (χ2n) is 5.00. The van der Waals surface area contributed by atoms with E-state index >= 15 is 0 Å². The summed E-state index contributed by atoms with van der Waals surface area (Å²) in [5.74, 6) is 0. The summed E-state index contributed by atoms with van der Waals surface area (Å²) in [4.78, 5) is 18.8. The highest BCUT2D eigenvalue weighted by Crippen LogP contribution is 2.31. The summed E-state index contributed by atoms with van der Waals surface area (Å²) >= 11 is 0. The molecule has 2 heterocycles. The zero-order chi connectivity index (χ0) is 14.2. The molecule has 3 nitrogen and oxygen atoms in total. The van der Waals surface area contributed by atoms with E-state index in [-0.39, 0.29) is 0 Å². The Hall–Kier alpha value is -2.94. The van der Waals surface area contributed by atoms with Gasteiger partial charge in [-0.2, -0.15) is 0 Å². The standard InChI is InChI=1S/C18H12N2O/c21-11-12-6-7-14-15-8-9-19-17(13-4-2-1-3-5-13)18(15)20-16(14)10-12/h1-11,20H. The summed E-state index contributed by atoms with van der Waals surface area (Å²) in [5, 5.41) is 2.23. The van der Waals surface area contributed by atoms with Gasteiger partial charge in [0.2, 0.25) is 0 Å². The Kier molecular flexibility index (Phi) is 2.57. The van der Waals surface area contributed by atoms with Gasteiger partial charge in [-0.25, -0.2) is 0 Å². The van der Waals surface area contributed by atoms with E-state index in [1.54, 1.807) is 0 Å². The van der Waals surface area contributed by atoms with E-state index in [1.807, 2.05) is 60.8 Å². The number of hydrogen-bond donors (Lipinski definition) is 1. The monoisotopic (exact) mass is 272 g/mol. The highest BCUT2D eigenvalue weighted by Gasteiger charge is 2.10. The van der Waals surface area contributed by atoms with Crippen molar-refractivity contribution in [1.29, 1.82) is 0 Å². The number of carbonyl (C=O) groups excluding carboxylic acids is 1. The first-order chi connectivity index (χ1) is 10.4. The molecule has 0 saturated heterocycles. The number of hydrogen-bond acceptors (Lipinski definition) is 2. The van der Waals surface area contributed by atoms with E-state index < -0.39 is 0 Å². The van der Waals surface area contributed by atoms with Crippen LogP contribution in [0, 0.1) is 0 Å². The smallest absolute Gasteiger partial charge is 0.150 e. The summed E-state index contributed by atoms with van der Waals surface area (Å²) in [5.41, 5.74) is 4.63. The van der Waals surface area contributed by atoms with Crippen LogP contribution in [0.5, 0.6) is 0 Å². The van der Waals surface area contributed by atoms with E-state index in [2.05, 4.69) is 9.97 Å². The van der Waals surface area contributed by atoms with Gasteiger partial charge in [0, 0.05) is 33.6 Å². The average Bonchev–Trinajstić information content (AvgIpc) is 2.93. The number of aldehydes is 1. The van der Waals surface area contributed by atoms with Gasteiger partial charge < -0.3 is 4.98 Å². The number of pyridine rings is 1. The summed E-state index contributed by atoms with van der Waals surface area (Å²) in [6.07, 6.45) is 2.69. The van der Waals surface area contributed by atoms with E-state index in [9.17, 15) is 4.79 Å². The molecule has 0 radical (unpaired) electrons. The lowest BCUT2D eigenvalue weighted by molar-refractivity contribution is 0.112. The van der Waals surface area contributed by atoms with Crippen molar-refractivity contribution in [3.8, 4) is 11.3 Å². The maximum Gasteiger partial charge on any atom is 0.150 e. The van der Waals surface area contributed by atoms with Gasteiger partial charge in [0.15, 0.2) is 0 Å².